The zero-order chi connectivity index (χ0) is 16.1. The fourth-order valence-electron chi connectivity index (χ4n) is 5.03. The van der Waals surface area contributed by atoms with Crippen molar-refractivity contribution in [2.45, 2.75) is 60.1 Å². The second-order valence-electron chi connectivity index (χ2n) is 7.48. The van der Waals surface area contributed by atoms with Gasteiger partial charge in [-0.3, -0.25) is 0 Å². The Kier molecular flexibility index (Phi) is 3.80. The van der Waals surface area contributed by atoms with E-state index in [9.17, 15) is 0 Å². The van der Waals surface area contributed by atoms with E-state index >= 15 is 0 Å². The molecule has 1 saturated heterocycles. The number of hydrogen-bond acceptors (Lipinski definition) is 0. The monoisotopic (exact) mass is 308 g/mol. The van der Waals surface area contributed by atoms with Crippen LogP contribution in [-0.2, 0) is 0 Å². The van der Waals surface area contributed by atoms with Crippen LogP contribution in [0.1, 0.15) is 39.8 Å². The van der Waals surface area contributed by atoms with E-state index in [4.69, 9.17) is 0 Å². The van der Waals surface area contributed by atoms with Gasteiger partial charge in [-0.15, -0.1) is 0 Å². The lowest BCUT2D eigenvalue weighted by atomic mass is 10.1. The minimum Gasteiger partial charge on any atom is -0.0568 e. The van der Waals surface area contributed by atoms with Crippen LogP contribution in [0.3, 0.4) is 0 Å². The lowest BCUT2D eigenvalue weighted by Gasteiger charge is -2.44. The Bertz CT molecular complexity index is 630. The summed E-state index contributed by atoms with van der Waals surface area (Å²) in [5, 5.41) is 3.47. The summed E-state index contributed by atoms with van der Waals surface area (Å²) in [6.07, 6.45) is 1.41. The maximum atomic E-state index is 2.40. The van der Waals surface area contributed by atoms with E-state index in [1.807, 2.05) is 0 Å². The van der Waals surface area contributed by atoms with Crippen LogP contribution in [0.4, 0.5) is 0 Å². The summed E-state index contributed by atoms with van der Waals surface area (Å²) in [5.41, 5.74) is 8.93. The second kappa shape index (κ2) is 5.38. The Balaban J connectivity index is 2.28. The Hall–Kier alpha value is -1.34. The number of hydrogen-bond donors (Lipinski definition) is 0. The van der Waals surface area contributed by atoms with Crippen molar-refractivity contribution in [2.75, 3.05) is 0 Å². The van der Waals surface area contributed by atoms with Gasteiger partial charge in [0.15, 0.2) is 0 Å². The fraction of sp³-hybridized carbons (Fsp3) is 0.429. The summed E-state index contributed by atoms with van der Waals surface area (Å²) in [7, 11) is -1.52. The molecule has 0 unspecified atom stereocenters. The number of rotatable bonds is 2. The van der Waals surface area contributed by atoms with E-state index < -0.39 is 8.07 Å². The zero-order valence-electron chi connectivity index (χ0n) is 14.9. The molecular weight excluding hydrogens is 280 g/mol. The van der Waals surface area contributed by atoms with Gasteiger partial charge in [-0.25, -0.2) is 0 Å². The van der Waals surface area contributed by atoms with Crippen molar-refractivity contribution >= 4 is 18.4 Å². The van der Waals surface area contributed by atoms with Gasteiger partial charge in [-0.05, 0) is 64.0 Å². The van der Waals surface area contributed by atoms with Crippen LogP contribution in [0.15, 0.2) is 24.3 Å². The van der Waals surface area contributed by atoms with Crippen LogP contribution >= 0.6 is 0 Å². The van der Waals surface area contributed by atoms with Crippen molar-refractivity contribution in [3.05, 3.63) is 57.6 Å². The Morgan fingerprint density at radius 3 is 1.14 bits per heavy atom. The molecule has 0 saturated carbocycles. The van der Waals surface area contributed by atoms with Crippen LogP contribution < -0.4 is 10.4 Å². The molecule has 22 heavy (non-hydrogen) atoms. The van der Waals surface area contributed by atoms with E-state index in [1.54, 1.807) is 10.4 Å². The minimum atomic E-state index is -1.52. The largest absolute Gasteiger partial charge is 0.119 e. The molecule has 0 atom stereocenters. The molecule has 0 N–H and O–H groups in total. The van der Waals surface area contributed by atoms with E-state index in [1.165, 1.54) is 51.9 Å². The molecule has 2 aromatic rings. The van der Waals surface area contributed by atoms with Crippen LogP contribution in [0.2, 0.25) is 12.1 Å². The van der Waals surface area contributed by atoms with Gasteiger partial charge in [0.1, 0.15) is 8.07 Å². The standard InChI is InChI=1S/C21H28Si/c1-14-10-16(3)20(17(4)11-14)22(8-7-9-22)21-18(5)12-15(2)13-19(21)6/h10-13H,7-9H2,1-6H3. The molecule has 0 aliphatic carbocycles. The third-order valence-electron chi connectivity index (χ3n) is 5.52. The van der Waals surface area contributed by atoms with Crippen LogP contribution in [0.25, 0.3) is 0 Å². The first-order valence-electron chi connectivity index (χ1n) is 8.52. The van der Waals surface area contributed by atoms with Gasteiger partial charge in [0, 0.05) is 0 Å². The molecule has 1 heteroatoms. The predicted molar refractivity (Wildman–Crippen MR) is 101 cm³/mol. The highest BCUT2D eigenvalue weighted by Crippen LogP contribution is 2.35. The highest BCUT2D eigenvalue weighted by molar-refractivity contribution is 7.05. The molecule has 0 spiro atoms. The van der Waals surface area contributed by atoms with E-state index in [0.29, 0.717) is 0 Å². The molecule has 116 valence electrons. The third kappa shape index (κ3) is 2.27. The van der Waals surface area contributed by atoms with Gasteiger partial charge in [-0.1, -0.05) is 64.1 Å². The average molecular weight is 309 g/mol. The van der Waals surface area contributed by atoms with Crippen LogP contribution in [0.5, 0.6) is 0 Å². The molecule has 1 fully saturated rings. The molecule has 1 heterocycles. The molecule has 2 aromatic carbocycles. The van der Waals surface area contributed by atoms with Gasteiger partial charge >= 0.3 is 0 Å². The summed E-state index contributed by atoms with van der Waals surface area (Å²) in [5.74, 6) is 0. The van der Waals surface area contributed by atoms with Gasteiger partial charge in [0.25, 0.3) is 0 Å². The van der Waals surface area contributed by atoms with E-state index in [2.05, 4.69) is 65.8 Å². The molecule has 0 radical (unpaired) electrons. The number of aryl methyl sites for hydroxylation is 6. The summed E-state index contributed by atoms with van der Waals surface area (Å²) in [6, 6.07) is 12.5. The lowest BCUT2D eigenvalue weighted by molar-refractivity contribution is 0.923. The Labute approximate surface area is 136 Å². The smallest absolute Gasteiger partial charge is 0.0568 e. The third-order valence-corrected chi connectivity index (χ3v) is 11.4. The van der Waals surface area contributed by atoms with Gasteiger partial charge < -0.3 is 0 Å². The molecule has 1 aliphatic heterocycles. The number of benzene rings is 2. The van der Waals surface area contributed by atoms with Gasteiger partial charge in [0.05, 0.1) is 0 Å². The lowest BCUT2D eigenvalue weighted by Crippen LogP contribution is -2.65. The topological polar surface area (TPSA) is 0 Å². The normalized spacial score (nSPS) is 16.5. The van der Waals surface area contributed by atoms with E-state index in [0.717, 1.165) is 0 Å². The average Bonchev–Trinajstić information content (AvgIpc) is 2.32. The molecule has 3 rings (SSSR count). The molecular formula is C21H28Si. The highest BCUT2D eigenvalue weighted by atomic mass is 28.3. The van der Waals surface area contributed by atoms with Crippen LogP contribution in [0, 0.1) is 41.5 Å². The highest BCUT2D eigenvalue weighted by Gasteiger charge is 2.46. The first-order chi connectivity index (χ1) is 10.3. The van der Waals surface area contributed by atoms with E-state index in [-0.39, 0.29) is 0 Å². The van der Waals surface area contributed by atoms with Crippen LogP contribution in [-0.4, -0.2) is 8.07 Å². The summed E-state index contributed by atoms with van der Waals surface area (Å²) in [6.45, 7) is 13.8. The van der Waals surface area contributed by atoms with Gasteiger partial charge in [-0.2, -0.15) is 0 Å². The molecule has 0 nitrogen and oxygen atoms in total. The van der Waals surface area contributed by atoms with Crippen molar-refractivity contribution in [1.29, 1.82) is 0 Å². The molecule has 0 aromatic heterocycles. The van der Waals surface area contributed by atoms with Crippen molar-refractivity contribution in [2.24, 2.45) is 0 Å². The maximum absolute atomic E-state index is 2.40. The Morgan fingerprint density at radius 1 is 0.591 bits per heavy atom. The van der Waals surface area contributed by atoms with Gasteiger partial charge in [0.2, 0.25) is 0 Å². The Morgan fingerprint density at radius 2 is 0.909 bits per heavy atom. The zero-order valence-corrected chi connectivity index (χ0v) is 15.9. The summed E-state index contributed by atoms with van der Waals surface area (Å²) in [4.78, 5) is 0. The van der Waals surface area contributed by atoms with Crippen molar-refractivity contribution < 1.29 is 0 Å². The maximum Gasteiger partial charge on any atom is 0.119 e. The molecule has 0 bridgehead atoms. The van der Waals surface area contributed by atoms with Crippen molar-refractivity contribution in [1.82, 2.24) is 0 Å². The first-order valence-corrected chi connectivity index (χ1v) is 10.9. The predicted octanol–water partition coefficient (Wildman–Crippen LogP) is 4.50. The molecule has 0 amide bonds. The van der Waals surface area contributed by atoms with Crippen molar-refractivity contribution in [3.8, 4) is 0 Å². The quantitative estimate of drug-likeness (QED) is 0.716. The summed E-state index contributed by atoms with van der Waals surface area (Å²) < 4.78 is 0. The minimum absolute atomic E-state index is 1.40. The second-order valence-corrected chi connectivity index (χ2v) is 11.6. The SMILES string of the molecule is Cc1cc(C)c([Si]2(c3c(C)cc(C)cc3C)CCC2)c(C)c1. The van der Waals surface area contributed by atoms with Crippen molar-refractivity contribution in [3.63, 3.8) is 0 Å². The summed E-state index contributed by atoms with van der Waals surface area (Å²) >= 11 is 0. The molecule has 1 aliphatic rings. The fourth-order valence-corrected chi connectivity index (χ4v) is 10.6. The first kappa shape index (κ1) is 15.5.